The van der Waals surface area contributed by atoms with Crippen LogP contribution < -0.4 is 10.6 Å². The van der Waals surface area contributed by atoms with Gasteiger partial charge in [-0.3, -0.25) is 9.69 Å². The Morgan fingerprint density at radius 1 is 1.58 bits per heavy atom. The molecule has 0 aromatic rings. The molecule has 2 N–H and O–H groups in total. The maximum atomic E-state index is 13.0. The highest BCUT2D eigenvalue weighted by molar-refractivity contribution is 5.82. The van der Waals surface area contributed by atoms with Crippen molar-refractivity contribution in [1.29, 1.82) is 0 Å². The number of ether oxygens (including phenoxy) is 1. The Morgan fingerprint density at radius 3 is 3.00 bits per heavy atom. The molecule has 0 aliphatic carbocycles. The van der Waals surface area contributed by atoms with Crippen LogP contribution in [-0.2, 0) is 9.53 Å². The maximum Gasteiger partial charge on any atom is 0.237 e. The van der Waals surface area contributed by atoms with Gasteiger partial charge >= 0.3 is 0 Å². The van der Waals surface area contributed by atoms with Crippen molar-refractivity contribution >= 4 is 5.91 Å². The average Bonchev–Trinajstić information content (AvgIpc) is 2.78. The van der Waals surface area contributed by atoms with E-state index in [1.54, 1.807) is 0 Å². The van der Waals surface area contributed by atoms with E-state index in [9.17, 15) is 9.18 Å². The van der Waals surface area contributed by atoms with Crippen LogP contribution in [0, 0.1) is 0 Å². The number of nitrogens with one attached hydrogen (secondary N) is 2. The van der Waals surface area contributed by atoms with Gasteiger partial charge in [-0.15, -0.1) is 0 Å². The molecule has 2 rings (SSSR count). The molecule has 2 heterocycles. The molecule has 2 fully saturated rings. The second kappa shape index (κ2) is 6.15. The molecule has 0 spiro atoms. The van der Waals surface area contributed by atoms with Gasteiger partial charge in [0.1, 0.15) is 6.17 Å². The summed E-state index contributed by atoms with van der Waals surface area (Å²) < 4.78 is 18.4. The van der Waals surface area contributed by atoms with Crippen LogP contribution in [0.2, 0.25) is 0 Å². The minimum atomic E-state index is -0.895. The number of hydrogen-bond acceptors (Lipinski definition) is 4. The standard InChI is InChI=1S/C13H24FN3O2/c1-13(2)9-19-6-5-17(13)4-3-15-12(18)11-7-10(14)8-16-11/h10-11,16H,3-9H2,1-2H3,(H,15,18)/t10-,11+/m0/s1. The molecule has 2 aliphatic rings. The zero-order chi connectivity index (χ0) is 13.9. The molecule has 1 amide bonds. The number of halogens is 1. The topological polar surface area (TPSA) is 53.6 Å². The summed E-state index contributed by atoms with van der Waals surface area (Å²) in [5.74, 6) is -0.0915. The number of nitrogens with zero attached hydrogens (tertiary/aromatic N) is 1. The Labute approximate surface area is 113 Å². The van der Waals surface area contributed by atoms with Gasteiger partial charge in [0.05, 0.1) is 19.3 Å². The second-order valence-electron chi connectivity index (χ2n) is 5.94. The SMILES string of the molecule is CC1(C)COCCN1CCNC(=O)[C@H]1C[C@H](F)CN1. The van der Waals surface area contributed by atoms with E-state index in [0.717, 1.165) is 19.7 Å². The van der Waals surface area contributed by atoms with Crippen molar-refractivity contribution in [3.05, 3.63) is 0 Å². The first kappa shape index (κ1) is 14.7. The molecule has 2 aliphatic heterocycles. The molecule has 6 heteroatoms. The lowest BCUT2D eigenvalue weighted by molar-refractivity contribution is -0.123. The Bertz CT molecular complexity index is 325. The lowest BCUT2D eigenvalue weighted by atomic mass is 10.0. The molecule has 5 nitrogen and oxygen atoms in total. The van der Waals surface area contributed by atoms with Crippen molar-refractivity contribution in [1.82, 2.24) is 15.5 Å². The fourth-order valence-electron chi connectivity index (χ4n) is 2.63. The number of carbonyl (C=O) groups excluding carboxylic acids is 1. The molecule has 2 atom stereocenters. The van der Waals surface area contributed by atoms with E-state index in [1.165, 1.54) is 0 Å². The van der Waals surface area contributed by atoms with Crippen LogP contribution in [0.4, 0.5) is 4.39 Å². The van der Waals surface area contributed by atoms with Crippen molar-refractivity contribution < 1.29 is 13.9 Å². The highest BCUT2D eigenvalue weighted by atomic mass is 19.1. The highest BCUT2D eigenvalue weighted by Gasteiger charge is 2.31. The Morgan fingerprint density at radius 2 is 2.37 bits per heavy atom. The third-order valence-electron chi connectivity index (χ3n) is 3.89. The van der Waals surface area contributed by atoms with Crippen LogP contribution in [0.3, 0.4) is 0 Å². The second-order valence-corrected chi connectivity index (χ2v) is 5.94. The van der Waals surface area contributed by atoms with E-state index in [4.69, 9.17) is 4.74 Å². The molecule has 0 aromatic heterocycles. The lowest BCUT2D eigenvalue weighted by Gasteiger charge is -2.42. The van der Waals surface area contributed by atoms with Gasteiger partial charge in [-0.2, -0.15) is 0 Å². The number of amides is 1. The van der Waals surface area contributed by atoms with Crippen LogP contribution in [0.15, 0.2) is 0 Å². The molecule has 0 unspecified atom stereocenters. The molecule has 19 heavy (non-hydrogen) atoms. The first-order valence-electron chi connectivity index (χ1n) is 6.97. The summed E-state index contributed by atoms with van der Waals surface area (Å²) in [5.41, 5.74) is 0.0125. The predicted octanol–water partition coefficient (Wildman–Crippen LogP) is -0.0866. The average molecular weight is 273 g/mol. The van der Waals surface area contributed by atoms with E-state index in [1.807, 2.05) is 0 Å². The van der Waals surface area contributed by atoms with E-state index in [2.05, 4.69) is 29.4 Å². The largest absolute Gasteiger partial charge is 0.378 e. The first-order valence-corrected chi connectivity index (χ1v) is 6.97. The lowest BCUT2D eigenvalue weighted by Crippen LogP contribution is -2.55. The Hall–Kier alpha value is -0.720. The van der Waals surface area contributed by atoms with Crippen LogP contribution in [0.1, 0.15) is 20.3 Å². The number of morpholine rings is 1. The van der Waals surface area contributed by atoms with Crippen LogP contribution in [0.5, 0.6) is 0 Å². The fourth-order valence-corrected chi connectivity index (χ4v) is 2.63. The van der Waals surface area contributed by atoms with Crippen LogP contribution in [-0.4, -0.2) is 68.0 Å². The summed E-state index contributed by atoms with van der Waals surface area (Å²) in [6.45, 7) is 8.30. The van der Waals surface area contributed by atoms with Gasteiger partial charge in [-0.05, 0) is 13.8 Å². The highest BCUT2D eigenvalue weighted by Crippen LogP contribution is 2.17. The quantitative estimate of drug-likeness (QED) is 0.752. The normalized spacial score (nSPS) is 31.3. The number of alkyl halides is 1. The summed E-state index contributed by atoms with van der Waals surface area (Å²) >= 11 is 0. The third kappa shape index (κ3) is 3.87. The monoisotopic (exact) mass is 273 g/mol. The zero-order valence-electron chi connectivity index (χ0n) is 11.7. The molecule has 2 saturated heterocycles. The van der Waals surface area contributed by atoms with Gasteiger partial charge < -0.3 is 15.4 Å². The number of hydrogen-bond donors (Lipinski definition) is 2. The van der Waals surface area contributed by atoms with Gasteiger partial charge in [0.25, 0.3) is 0 Å². The van der Waals surface area contributed by atoms with E-state index < -0.39 is 6.17 Å². The van der Waals surface area contributed by atoms with Gasteiger partial charge in [0.15, 0.2) is 0 Å². The Balaban J connectivity index is 1.69. The van der Waals surface area contributed by atoms with Crippen molar-refractivity contribution in [2.45, 2.75) is 38.0 Å². The van der Waals surface area contributed by atoms with Crippen molar-refractivity contribution in [2.75, 3.05) is 39.4 Å². The minimum Gasteiger partial charge on any atom is -0.378 e. The summed E-state index contributed by atoms with van der Waals surface area (Å²) in [6.07, 6.45) is -0.608. The van der Waals surface area contributed by atoms with Gasteiger partial charge in [0.2, 0.25) is 5.91 Å². The molecule has 110 valence electrons. The minimum absolute atomic E-state index is 0.0125. The predicted molar refractivity (Wildman–Crippen MR) is 70.8 cm³/mol. The molecular weight excluding hydrogens is 249 g/mol. The summed E-state index contributed by atoms with van der Waals surface area (Å²) in [7, 11) is 0. The first-order chi connectivity index (χ1) is 8.99. The van der Waals surface area contributed by atoms with E-state index >= 15 is 0 Å². The Kier molecular flexibility index (Phi) is 4.76. The van der Waals surface area contributed by atoms with Gasteiger partial charge in [0, 0.05) is 38.1 Å². The van der Waals surface area contributed by atoms with E-state index in [-0.39, 0.29) is 30.5 Å². The van der Waals surface area contributed by atoms with E-state index in [0.29, 0.717) is 13.2 Å². The van der Waals surface area contributed by atoms with Crippen molar-refractivity contribution in [2.24, 2.45) is 0 Å². The number of rotatable bonds is 4. The van der Waals surface area contributed by atoms with Gasteiger partial charge in [-0.25, -0.2) is 4.39 Å². The summed E-state index contributed by atoms with van der Waals surface area (Å²) in [4.78, 5) is 14.1. The molecular formula is C13H24FN3O2. The fraction of sp³-hybridized carbons (Fsp3) is 0.923. The number of carbonyl (C=O) groups is 1. The van der Waals surface area contributed by atoms with Crippen LogP contribution in [0.25, 0.3) is 0 Å². The van der Waals surface area contributed by atoms with Gasteiger partial charge in [-0.1, -0.05) is 0 Å². The third-order valence-corrected chi connectivity index (χ3v) is 3.89. The van der Waals surface area contributed by atoms with Crippen molar-refractivity contribution in [3.63, 3.8) is 0 Å². The molecule has 0 aromatic carbocycles. The summed E-state index contributed by atoms with van der Waals surface area (Å²) in [5, 5.41) is 5.77. The van der Waals surface area contributed by atoms with Crippen LogP contribution >= 0.6 is 0 Å². The molecule has 0 bridgehead atoms. The maximum absolute atomic E-state index is 13.0. The molecule has 0 radical (unpaired) electrons. The van der Waals surface area contributed by atoms with Crippen molar-refractivity contribution in [3.8, 4) is 0 Å². The summed E-state index contributed by atoms with van der Waals surface area (Å²) in [6, 6.07) is -0.368. The molecule has 0 saturated carbocycles. The smallest absolute Gasteiger partial charge is 0.237 e. The zero-order valence-corrected chi connectivity index (χ0v) is 11.7.